The Hall–Kier alpha value is -1.07. The van der Waals surface area contributed by atoms with Crippen LogP contribution in [0.1, 0.15) is 51.5 Å². The Labute approximate surface area is 128 Å². The zero-order chi connectivity index (χ0) is 15.6. The molecule has 1 aliphatic rings. The van der Waals surface area contributed by atoms with Crippen molar-refractivity contribution in [2.75, 3.05) is 13.7 Å². The zero-order valence-corrected chi connectivity index (χ0v) is 14.1. The van der Waals surface area contributed by atoms with Gasteiger partial charge < -0.3 is 4.74 Å². The van der Waals surface area contributed by atoms with Crippen LogP contribution in [-0.4, -0.2) is 32.4 Å². The van der Waals surface area contributed by atoms with Crippen LogP contribution in [0.4, 0.5) is 0 Å². The minimum Gasteiger partial charge on any atom is -0.495 e. The zero-order valence-electron chi connectivity index (χ0n) is 13.3. The normalized spacial score (nSPS) is 20.7. The lowest BCUT2D eigenvalue weighted by Gasteiger charge is -2.32. The minimum absolute atomic E-state index is 0.0520. The highest BCUT2D eigenvalue weighted by Crippen LogP contribution is 2.33. The lowest BCUT2D eigenvalue weighted by Crippen LogP contribution is -2.42. The van der Waals surface area contributed by atoms with Crippen LogP contribution in [0.2, 0.25) is 0 Å². The molecular formula is C16H25NO3S. The van der Waals surface area contributed by atoms with Crippen molar-refractivity contribution in [1.82, 2.24) is 4.31 Å². The Morgan fingerprint density at radius 2 is 2.00 bits per heavy atom. The van der Waals surface area contributed by atoms with E-state index in [0.717, 1.165) is 24.8 Å². The molecule has 0 spiro atoms. The van der Waals surface area contributed by atoms with E-state index >= 15 is 0 Å². The third kappa shape index (κ3) is 3.24. The number of ether oxygens (including phenoxy) is 1. The van der Waals surface area contributed by atoms with Crippen molar-refractivity contribution in [2.24, 2.45) is 0 Å². The van der Waals surface area contributed by atoms with Gasteiger partial charge in [-0.1, -0.05) is 26.3 Å². The molecule has 2 rings (SSSR count). The number of benzene rings is 1. The van der Waals surface area contributed by atoms with Gasteiger partial charge in [-0.25, -0.2) is 8.42 Å². The molecule has 1 heterocycles. The van der Waals surface area contributed by atoms with Gasteiger partial charge in [-0.2, -0.15) is 4.31 Å². The fraction of sp³-hybridized carbons (Fsp3) is 0.625. The highest BCUT2D eigenvalue weighted by molar-refractivity contribution is 7.89. The average molecular weight is 311 g/mol. The van der Waals surface area contributed by atoms with E-state index < -0.39 is 10.0 Å². The number of piperidine rings is 1. The predicted molar refractivity (Wildman–Crippen MR) is 84.3 cm³/mol. The van der Waals surface area contributed by atoms with Crippen molar-refractivity contribution in [2.45, 2.75) is 56.9 Å². The number of methoxy groups -OCH3 is 1. The van der Waals surface area contributed by atoms with E-state index in [9.17, 15) is 8.42 Å². The summed E-state index contributed by atoms with van der Waals surface area (Å²) in [6, 6.07) is 5.51. The first-order chi connectivity index (χ1) is 9.87. The Morgan fingerprint density at radius 1 is 1.29 bits per heavy atom. The van der Waals surface area contributed by atoms with Crippen LogP contribution >= 0.6 is 0 Å². The fourth-order valence-electron chi connectivity index (χ4n) is 2.81. The van der Waals surface area contributed by atoms with Crippen LogP contribution in [0.3, 0.4) is 0 Å². The smallest absolute Gasteiger partial charge is 0.247 e. The van der Waals surface area contributed by atoms with Gasteiger partial charge in [0.25, 0.3) is 0 Å². The quantitative estimate of drug-likeness (QED) is 0.856. The molecule has 0 unspecified atom stereocenters. The monoisotopic (exact) mass is 311 g/mol. The van der Waals surface area contributed by atoms with Gasteiger partial charge in [0.05, 0.1) is 7.11 Å². The van der Waals surface area contributed by atoms with Crippen molar-refractivity contribution in [3.63, 3.8) is 0 Å². The third-order valence-electron chi connectivity index (χ3n) is 4.18. The molecule has 0 aromatic heterocycles. The Kier molecular flexibility index (Phi) is 4.94. The molecule has 118 valence electrons. The van der Waals surface area contributed by atoms with Gasteiger partial charge in [-0.3, -0.25) is 0 Å². The van der Waals surface area contributed by atoms with Crippen LogP contribution < -0.4 is 4.74 Å². The van der Waals surface area contributed by atoms with E-state index in [1.54, 1.807) is 16.4 Å². The van der Waals surface area contributed by atoms with E-state index in [2.05, 4.69) is 13.8 Å². The number of hydrogen-bond donors (Lipinski definition) is 0. The van der Waals surface area contributed by atoms with Crippen molar-refractivity contribution in [1.29, 1.82) is 0 Å². The molecule has 1 aromatic carbocycles. The summed E-state index contributed by atoms with van der Waals surface area (Å²) in [6.45, 7) is 6.69. The summed E-state index contributed by atoms with van der Waals surface area (Å²) in [5, 5.41) is 0. The number of rotatable bonds is 4. The largest absolute Gasteiger partial charge is 0.495 e. The van der Waals surface area contributed by atoms with Crippen molar-refractivity contribution in [3.8, 4) is 5.75 Å². The molecular weight excluding hydrogens is 286 g/mol. The molecule has 0 radical (unpaired) electrons. The highest BCUT2D eigenvalue weighted by atomic mass is 32.2. The molecule has 0 saturated carbocycles. The van der Waals surface area contributed by atoms with E-state index in [-0.39, 0.29) is 12.0 Å². The Balaban J connectivity index is 2.49. The number of sulfonamides is 1. The SMILES string of the molecule is COc1ccc(C(C)C)cc1S(=O)(=O)N1CCCC[C@@H]1C. The molecule has 21 heavy (non-hydrogen) atoms. The highest BCUT2D eigenvalue weighted by Gasteiger charge is 2.33. The van der Waals surface area contributed by atoms with Crippen LogP contribution in [0.15, 0.2) is 23.1 Å². The average Bonchev–Trinajstić information content (AvgIpc) is 2.46. The molecule has 1 aromatic rings. The maximum atomic E-state index is 13.0. The van der Waals surface area contributed by atoms with Gasteiger partial charge >= 0.3 is 0 Å². The molecule has 0 aliphatic carbocycles. The summed E-state index contributed by atoms with van der Waals surface area (Å²) < 4.78 is 32.9. The van der Waals surface area contributed by atoms with Crippen LogP contribution in [0, 0.1) is 0 Å². The van der Waals surface area contributed by atoms with E-state index in [1.165, 1.54) is 7.11 Å². The summed E-state index contributed by atoms with van der Waals surface area (Å²) in [7, 11) is -1.98. The summed E-state index contributed by atoms with van der Waals surface area (Å²) in [5.74, 6) is 0.709. The summed E-state index contributed by atoms with van der Waals surface area (Å²) in [5.41, 5.74) is 1.01. The second-order valence-corrected chi connectivity index (χ2v) is 7.88. The molecule has 0 amide bonds. The van der Waals surface area contributed by atoms with Crippen molar-refractivity contribution < 1.29 is 13.2 Å². The lowest BCUT2D eigenvalue weighted by atomic mass is 10.0. The van der Waals surface area contributed by atoms with Crippen molar-refractivity contribution >= 4 is 10.0 Å². The maximum absolute atomic E-state index is 13.0. The maximum Gasteiger partial charge on any atom is 0.247 e. The summed E-state index contributed by atoms with van der Waals surface area (Å²) >= 11 is 0. The first kappa shape index (κ1) is 16.3. The molecule has 5 heteroatoms. The first-order valence-electron chi connectivity index (χ1n) is 7.57. The lowest BCUT2D eigenvalue weighted by molar-refractivity contribution is 0.267. The van der Waals surface area contributed by atoms with E-state index in [0.29, 0.717) is 17.2 Å². The third-order valence-corrected chi connectivity index (χ3v) is 6.22. The van der Waals surface area contributed by atoms with E-state index in [4.69, 9.17) is 4.74 Å². The van der Waals surface area contributed by atoms with Crippen LogP contribution in [0.25, 0.3) is 0 Å². The molecule has 1 saturated heterocycles. The van der Waals surface area contributed by atoms with Gasteiger partial charge in [0.15, 0.2) is 0 Å². The molecule has 1 aliphatic heterocycles. The second kappa shape index (κ2) is 6.36. The minimum atomic E-state index is -3.50. The number of hydrogen-bond acceptors (Lipinski definition) is 3. The standard InChI is InChI=1S/C16H25NO3S/c1-12(2)14-8-9-15(20-4)16(11-14)21(18,19)17-10-6-5-7-13(17)3/h8-9,11-13H,5-7,10H2,1-4H3/t13-/m0/s1. The van der Waals surface area contributed by atoms with Gasteiger partial charge in [-0.15, -0.1) is 0 Å². The molecule has 1 atom stereocenters. The topological polar surface area (TPSA) is 46.6 Å². The Morgan fingerprint density at radius 3 is 2.57 bits per heavy atom. The van der Waals surface area contributed by atoms with Gasteiger partial charge in [-0.05, 0) is 43.4 Å². The van der Waals surface area contributed by atoms with E-state index in [1.807, 2.05) is 13.0 Å². The summed E-state index contributed by atoms with van der Waals surface area (Å²) in [6.07, 6.45) is 2.94. The van der Waals surface area contributed by atoms with Crippen LogP contribution in [-0.2, 0) is 10.0 Å². The second-order valence-electron chi connectivity index (χ2n) is 6.03. The first-order valence-corrected chi connectivity index (χ1v) is 9.01. The molecule has 1 fully saturated rings. The molecule has 0 N–H and O–H groups in total. The molecule has 0 bridgehead atoms. The fourth-order valence-corrected chi connectivity index (χ4v) is 4.70. The Bertz CT molecular complexity index is 596. The summed E-state index contributed by atoms with van der Waals surface area (Å²) in [4.78, 5) is 0.296. The molecule has 4 nitrogen and oxygen atoms in total. The van der Waals surface area contributed by atoms with Crippen molar-refractivity contribution in [3.05, 3.63) is 23.8 Å². The number of nitrogens with zero attached hydrogens (tertiary/aromatic N) is 1. The van der Waals surface area contributed by atoms with Crippen LogP contribution in [0.5, 0.6) is 5.75 Å². The van der Waals surface area contributed by atoms with Gasteiger partial charge in [0.1, 0.15) is 10.6 Å². The van der Waals surface area contributed by atoms with Gasteiger partial charge in [0, 0.05) is 12.6 Å². The predicted octanol–water partition coefficient (Wildman–Crippen LogP) is 3.38. The van der Waals surface area contributed by atoms with Gasteiger partial charge in [0.2, 0.25) is 10.0 Å².